The molecule has 0 spiro atoms. The maximum atomic E-state index is 12.6. The predicted molar refractivity (Wildman–Crippen MR) is 75.7 cm³/mol. The second kappa shape index (κ2) is 4.97. The zero-order valence-corrected chi connectivity index (χ0v) is 11.6. The molecule has 1 aromatic rings. The van der Waals surface area contributed by atoms with Gasteiger partial charge in [0.1, 0.15) is 0 Å². The molecule has 2 atom stereocenters. The van der Waals surface area contributed by atoms with E-state index in [0.717, 1.165) is 36.9 Å². The lowest BCUT2D eigenvalue weighted by atomic mass is 9.88. The molecule has 0 aliphatic carbocycles. The highest BCUT2D eigenvalue weighted by Crippen LogP contribution is 2.37. The molecule has 3 nitrogen and oxygen atoms in total. The van der Waals surface area contributed by atoms with Gasteiger partial charge >= 0.3 is 0 Å². The number of carbonyl (C=O) groups is 1. The van der Waals surface area contributed by atoms with Gasteiger partial charge in [0, 0.05) is 31.3 Å². The van der Waals surface area contributed by atoms with Crippen LogP contribution in [0, 0.1) is 5.92 Å². The SMILES string of the molecule is CN(C)c1cccc(C(=O)C2CC3CCC(C2)O3)c1. The molecular weight excluding hydrogens is 238 g/mol. The van der Waals surface area contributed by atoms with Crippen LogP contribution >= 0.6 is 0 Å². The minimum Gasteiger partial charge on any atom is -0.378 e. The second-order valence-corrected chi connectivity index (χ2v) is 5.93. The Kier molecular flexibility index (Phi) is 3.31. The summed E-state index contributed by atoms with van der Waals surface area (Å²) in [5.41, 5.74) is 1.93. The highest BCUT2D eigenvalue weighted by molar-refractivity contribution is 5.98. The van der Waals surface area contributed by atoms with Crippen molar-refractivity contribution in [1.82, 2.24) is 0 Å². The van der Waals surface area contributed by atoms with Crippen LogP contribution < -0.4 is 4.90 Å². The van der Waals surface area contributed by atoms with Gasteiger partial charge in [-0.05, 0) is 37.8 Å². The first kappa shape index (κ1) is 12.7. The molecule has 0 radical (unpaired) electrons. The molecule has 3 rings (SSSR count). The smallest absolute Gasteiger partial charge is 0.166 e. The van der Waals surface area contributed by atoms with Gasteiger partial charge < -0.3 is 9.64 Å². The van der Waals surface area contributed by atoms with Gasteiger partial charge in [-0.1, -0.05) is 12.1 Å². The fourth-order valence-electron chi connectivity index (χ4n) is 3.24. The molecule has 2 fully saturated rings. The van der Waals surface area contributed by atoms with Gasteiger partial charge in [0.2, 0.25) is 0 Å². The third-order valence-electron chi connectivity index (χ3n) is 4.31. The molecule has 0 aromatic heterocycles. The largest absolute Gasteiger partial charge is 0.378 e. The van der Waals surface area contributed by atoms with E-state index in [9.17, 15) is 4.79 Å². The van der Waals surface area contributed by atoms with Crippen LogP contribution in [0.5, 0.6) is 0 Å². The van der Waals surface area contributed by atoms with Crippen molar-refractivity contribution < 1.29 is 9.53 Å². The predicted octanol–water partition coefficient (Wildman–Crippen LogP) is 2.89. The summed E-state index contributed by atoms with van der Waals surface area (Å²) < 4.78 is 5.82. The Morgan fingerprint density at radius 1 is 1.21 bits per heavy atom. The van der Waals surface area contributed by atoms with E-state index in [2.05, 4.69) is 0 Å². The summed E-state index contributed by atoms with van der Waals surface area (Å²) in [5.74, 6) is 0.451. The molecular formula is C16H21NO2. The number of ether oxygens (including phenoxy) is 1. The van der Waals surface area contributed by atoms with Crippen LogP contribution in [-0.2, 0) is 4.74 Å². The summed E-state index contributed by atoms with van der Waals surface area (Å²) in [4.78, 5) is 14.7. The fourth-order valence-corrected chi connectivity index (χ4v) is 3.24. The van der Waals surface area contributed by atoms with E-state index in [1.54, 1.807) is 0 Å². The van der Waals surface area contributed by atoms with Crippen LogP contribution in [-0.4, -0.2) is 32.1 Å². The zero-order valence-electron chi connectivity index (χ0n) is 11.6. The molecule has 2 heterocycles. The van der Waals surface area contributed by atoms with Crippen molar-refractivity contribution in [3.8, 4) is 0 Å². The van der Waals surface area contributed by atoms with E-state index in [-0.39, 0.29) is 5.92 Å². The fraction of sp³-hybridized carbons (Fsp3) is 0.562. The number of carbonyl (C=O) groups excluding carboxylic acids is 1. The van der Waals surface area contributed by atoms with Crippen molar-refractivity contribution in [2.75, 3.05) is 19.0 Å². The minimum absolute atomic E-state index is 0.156. The van der Waals surface area contributed by atoms with E-state index in [1.165, 1.54) is 0 Å². The number of hydrogen-bond donors (Lipinski definition) is 0. The first-order chi connectivity index (χ1) is 9.13. The lowest BCUT2D eigenvalue weighted by Gasteiger charge is -2.27. The Hall–Kier alpha value is -1.35. The van der Waals surface area contributed by atoms with Gasteiger partial charge in [0.05, 0.1) is 12.2 Å². The molecule has 2 aliphatic rings. The summed E-state index contributed by atoms with van der Waals surface area (Å²) in [6.45, 7) is 0. The number of anilines is 1. The lowest BCUT2D eigenvalue weighted by molar-refractivity contribution is -0.0149. The Bertz CT molecular complexity index is 471. The topological polar surface area (TPSA) is 29.5 Å². The molecule has 0 amide bonds. The summed E-state index contributed by atoms with van der Waals surface area (Å²) in [6, 6.07) is 7.94. The number of hydrogen-bond acceptors (Lipinski definition) is 3. The molecule has 0 saturated carbocycles. The van der Waals surface area contributed by atoms with Crippen LogP contribution in [0.3, 0.4) is 0 Å². The monoisotopic (exact) mass is 259 g/mol. The van der Waals surface area contributed by atoms with Crippen LogP contribution in [0.25, 0.3) is 0 Å². The van der Waals surface area contributed by atoms with E-state index in [0.29, 0.717) is 18.0 Å². The third kappa shape index (κ3) is 2.52. The Balaban J connectivity index is 1.78. The number of nitrogens with zero attached hydrogens (tertiary/aromatic N) is 1. The summed E-state index contributed by atoms with van der Waals surface area (Å²) in [6.07, 6.45) is 4.72. The molecule has 3 heteroatoms. The zero-order chi connectivity index (χ0) is 13.4. The molecule has 0 N–H and O–H groups in total. The van der Waals surface area contributed by atoms with Crippen LogP contribution in [0.1, 0.15) is 36.0 Å². The highest BCUT2D eigenvalue weighted by Gasteiger charge is 2.38. The van der Waals surface area contributed by atoms with Crippen molar-refractivity contribution in [1.29, 1.82) is 0 Å². The van der Waals surface area contributed by atoms with E-state index >= 15 is 0 Å². The number of fused-ring (bicyclic) bond motifs is 2. The van der Waals surface area contributed by atoms with Gasteiger partial charge in [0.15, 0.2) is 5.78 Å². The third-order valence-corrected chi connectivity index (χ3v) is 4.31. The maximum Gasteiger partial charge on any atom is 0.166 e. The highest BCUT2D eigenvalue weighted by atomic mass is 16.5. The van der Waals surface area contributed by atoms with Gasteiger partial charge in [-0.3, -0.25) is 4.79 Å². The first-order valence-corrected chi connectivity index (χ1v) is 7.10. The number of rotatable bonds is 3. The standard InChI is InChI=1S/C16H21NO2/c1-17(2)13-5-3-4-11(8-13)16(18)12-9-14-6-7-15(10-12)19-14/h3-5,8,12,14-15H,6-7,9-10H2,1-2H3. The summed E-state index contributed by atoms with van der Waals surface area (Å²) in [7, 11) is 4.00. The van der Waals surface area contributed by atoms with Crippen LogP contribution in [0.15, 0.2) is 24.3 Å². The molecule has 19 heavy (non-hydrogen) atoms. The number of benzene rings is 1. The molecule has 2 bridgehead atoms. The van der Waals surface area contributed by atoms with E-state index in [4.69, 9.17) is 4.74 Å². The molecule has 2 unspecified atom stereocenters. The van der Waals surface area contributed by atoms with Gasteiger partial charge in [-0.2, -0.15) is 0 Å². The Morgan fingerprint density at radius 3 is 2.53 bits per heavy atom. The molecule has 2 aliphatic heterocycles. The quantitative estimate of drug-likeness (QED) is 0.782. The first-order valence-electron chi connectivity index (χ1n) is 7.10. The molecule has 2 saturated heterocycles. The van der Waals surface area contributed by atoms with Crippen molar-refractivity contribution >= 4 is 11.5 Å². The van der Waals surface area contributed by atoms with Gasteiger partial charge in [-0.15, -0.1) is 0 Å². The van der Waals surface area contributed by atoms with Gasteiger partial charge in [-0.25, -0.2) is 0 Å². The van der Waals surface area contributed by atoms with Crippen LogP contribution in [0.2, 0.25) is 0 Å². The maximum absolute atomic E-state index is 12.6. The average molecular weight is 259 g/mol. The number of ketones is 1. The molecule has 1 aromatic carbocycles. The minimum atomic E-state index is 0.156. The Labute approximate surface area is 114 Å². The second-order valence-electron chi connectivity index (χ2n) is 5.93. The molecule has 102 valence electrons. The van der Waals surface area contributed by atoms with Crippen molar-refractivity contribution in [3.63, 3.8) is 0 Å². The van der Waals surface area contributed by atoms with Crippen molar-refractivity contribution in [3.05, 3.63) is 29.8 Å². The van der Waals surface area contributed by atoms with Crippen LogP contribution in [0.4, 0.5) is 5.69 Å². The van der Waals surface area contributed by atoms with Crippen molar-refractivity contribution in [2.45, 2.75) is 37.9 Å². The van der Waals surface area contributed by atoms with E-state index in [1.807, 2.05) is 43.3 Å². The Morgan fingerprint density at radius 2 is 1.89 bits per heavy atom. The normalized spacial score (nSPS) is 29.3. The average Bonchev–Trinajstić information content (AvgIpc) is 2.76. The van der Waals surface area contributed by atoms with E-state index < -0.39 is 0 Å². The lowest BCUT2D eigenvalue weighted by Crippen LogP contribution is -2.30. The van der Waals surface area contributed by atoms with Gasteiger partial charge in [0.25, 0.3) is 0 Å². The number of Topliss-reactive ketones (excluding diaryl/α,β-unsaturated/α-hetero) is 1. The van der Waals surface area contributed by atoms with Crippen molar-refractivity contribution in [2.24, 2.45) is 5.92 Å². The summed E-state index contributed by atoms with van der Waals surface area (Å²) in [5, 5.41) is 0. The summed E-state index contributed by atoms with van der Waals surface area (Å²) >= 11 is 0.